The van der Waals surface area contributed by atoms with Gasteiger partial charge in [0, 0.05) is 14.9 Å². The van der Waals surface area contributed by atoms with Crippen LogP contribution in [0.4, 0.5) is 0 Å². The minimum absolute atomic E-state index is 0.0110. The van der Waals surface area contributed by atoms with Gasteiger partial charge < -0.3 is 9.47 Å². The van der Waals surface area contributed by atoms with Crippen molar-refractivity contribution in [2.24, 2.45) is 0 Å². The Labute approximate surface area is 203 Å². The summed E-state index contributed by atoms with van der Waals surface area (Å²) in [6.07, 6.45) is 5.51. The first-order valence-corrected chi connectivity index (χ1v) is 12.4. The van der Waals surface area contributed by atoms with Gasteiger partial charge in [-0.05, 0) is 75.8 Å². The number of halogens is 1. The van der Waals surface area contributed by atoms with Crippen LogP contribution in [0.15, 0.2) is 59.1 Å². The average Bonchev–Trinajstić information content (AvgIpc) is 3.17. The fourth-order valence-electron chi connectivity index (χ4n) is 3.30. The summed E-state index contributed by atoms with van der Waals surface area (Å²) in [5, 5.41) is 0. The number of methoxy groups -OCH3 is 1. The largest absolute Gasteiger partial charge is 0.496 e. The van der Waals surface area contributed by atoms with E-state index in [1.165, 1.54) is 10.4 Å². The second-order valence-corrected chi connectivity index (χ2v) is 9.90. The molecule has 32 heavy (non-hydrogen) atoms. The quantitative estimate of drug-likeness (QED) is 0.203. The number of benzene rings is 2. The van der Waals surface area contributed by atoms with Crippen LogP contribution in [-0.2, 0) is 13.0 Å². The first kappa shape index (κ1) is 24.3. The van der Waals surface area contributed by atoms with Crippen molar-refractivity contribution >= 4 is 39.1 Å². The van der Waals surface area contributed by atoms with Gasteiger partial charge in [-0.3, -0.25) is 4.79 Å². The lowest BCUT2D eigenvalue weighted by Crippen LogP contribution is -2.00. The number of thiophene rings is 1. The summed E-state index contributed by atoms with van der Waals surface area (Å²) in [6, 6.07) is 15.9. The van der Waals surface area contributed by atoms with Gasteiger partial charge in [0.1, 0.15) is 18.1 Å². The molecule has 0 saturated heterocycles. The molecular formula is C27H29BrO3S. The van der Waals surface area contributed by atoms with Gasteiger partial charge in [0.15, 0.2) is 5.78 Å². The number of allylic oxidation sites excluding steroid dienone is 1. The van der Waals surface area contributed by atoms with E-state index in [0.717, 1.165) is 44.8 Å². The molecule has 5 heteroatoms. The number of carbonyl (C=O) groups is 1. The molecule has 3 aromatic rings. The molecule has 0 N–H and O–H groups in total. The van der Waals surface area contributed by atoms with Crippen LogP contribution in [0.2, 0.25) is 0 Å². The first-order valence-electron chi connectivity index (χ1n) is 10.8. The maximum Gasteiger partial charge on any atom is 0.195 e. The standard InChI is InChI=1S/C27H29BrO3S/c1-5-6-26-23(28)16-27(32-26)24(29)13-7-19-8-14-25(30-4)21(15-19)17-31-22-11-9-20(10-12-22)18(2)3/h7-16,18H,5-6,17H2,1-4H3/b13-7+. The number of ether oxygens (including phenoxy) is 2. The van der Waals surface area contributed by atoms with Crippen LogP contribution < -0.4 is 9.47 Å². The van der Waals surface area contributed by atoms with Gasteiger partial charge in [-0.1, -0.05) is 51.5 Å². The number of hydrogen-bond acceptors (Lipinski definition) is 4. The van der Waals surface area contributed by atoms with Crippen molar-refractivity contribution in [2.75, 3.05) is 7.11 Å². The zero-order chi connectivity index (χ0) is 23.1. The van der Waals surface area contributed by atoms with Gasteiger partial charge in [0.05, 0.1) is 12.0 Å². The molecule has 168 valence electrons. The molecule has 3 nitrogen and oxygen atoms in total. The first-order chi connectivity index (χ1) is 15.4. The van der Waals surface area contributed by atoms with Crippen molar-refractivity contribution in [3.05, 3.63) is 85.5 Å². The van der Waals surface area contributed by atoms with E-state index in [4.69, 9.17) is 9.47 Å². The number of carbonyl (C=O) groups excluding carboxylic acids is 1. The summed E-state index contributed by atoms with van der Waals surface area (Å²) in [5.41, 5.74) is 3.14. The van der Waals surface area contributed by atoms with Crippen LogP contribution in [0.3, 0.4) is 0 Å². The molecule has 1 heterocycles. The molecule has 1 aromatic heterocycles. The van der Waals surface area contributed by atoms with Gasteiger partial charge in [-0.15, -0.1) is 11.3 Å². The summed E-state index contributed by atoms with van der Waals surface area (Å²) >= 11 is 5.12. The highest BCUT2D eigenvalue weighted by molar-refractivity contribution is 9.10. The van der Waals surface area contributed by atoms with E-state index in [1.54, 1.807) is 24.5 Å². The van der Waals surface area contributed by atoms with E-state index in [2.05, 4.69) is 48.8 Å². The van der Waals surface area contributed by atoms with Gasteiger partial charge in [0.25, 0.3) is 0 Å². The third-order valence-corrected chi connectivity index (χ3v) is 7.33. The molecule has 0 saturated carbocycles. The molecule has 0 aliphatic carbocycles. The van der Waals surface area contributed by atoms with Gasteiger partial charge in [-0.2, -0.15) is 0 Å². The zero-order valence-corrected chi connectivity index (χ0v) is 21.4. The molecule has 3 rings (SSSR count). The Bertz CT molecular complexity index is 1080. The zero-order valence-electron chi connectivity index (χ0n) is 19.0. The topological polar surface area (TPSA) is 35.5 Å². The van der Waals surface area contributed by atoms with E-state index in [-0.39, 0.29) is 5.78 Å². The molecule has 0 bridgehead atoms. The highest BCUT2D eigenvalue weighted by Crippen LogP contribution is 2.29. The summed E-state index contributed by atoms with van der Waals surface area (Å²) < 4.78 is 12.5. The maximum absolute atomic E-state index is 12.6. The minimum atomic E-state index is 0.0110. The summed E-state index contributed by atoms with van der Waals surface area (Å²) in [7, 11) is 1.65. The Hall–Kier alpha value is -2.37. The molecule has 2 aromatic carbocycles. The van der Waals surface area contributed by atoms with Crippen LogP contribution in [0, 0.1) is 0 Å². The van der Waals surface area contributed by atoms with Crippen molar-refractivity contribution in [1.29, 1.82) is 0 Å². The Morgan fingerprint density at radius 1 is 1.12 bits per heavy atom. The third kappa shape index (κ3) is 6.33. The monoisotopic (exact) mass is 512 g/mol. The second kappa shape index (κ2) is 11.5. The van der Waals surface area contributed by atoms with Crippen molar-refractivity contribution in [1.82, 2.24) is 0 Å². The predicted octanol–water partition coefficient (Wildman–Crippen LogP) is 8.07. The number of ketones is 1. The summed E-state index contributed by atoms with van der Waals surface area (Å²) in [5.74, 6) is 2.08. The normalized spacial score (nSPS) is 11.3. The Balaban J connectivity index is 1.71. The minimum Gasteiger partial charge on any atom is -0.496 e. The second-order valence-electron chi connectivity index (χ2n) is 7.91. The summed E-state index contributed by atoms with van der Waals surface area (Å²) in [4.78, 5) is 14.6. The number of rotatable bonds is 10. The molecule has 0 aliphatic rings. The molecule has 0 radical (unpaired) electrons. The van der Waals surface area contributed by atoms with Gasteiger partial charge in [-0.25, -0.2) is 0 Å². The molecule has 0 spiro atoms. The van der Waals surface area contributed by atoms with E-state index in [9.17, 15) is 4.79 Å². The Morgan fingerprint density at radius 3 is 2.53 bits per heavy atom. The molecule has 0 fully saturated rings. The van der Waals surface area contributed by atoms with Crippen molar-refractivity contribution in [3.63, 3.8) is 0 Å². The lowest BCUT2D eigenvalue weighted by molar-refractivity contribution is 0.105. The van der Waals surface area contributed by atoms with Crippen LogP contribution in [-0.4, -0.2) is 12.9 Å². The van der Waals surface area contributed by atoms with Crippen LogP contribution in [0.1, 0.15) is 64.3 Å². The molecule has 0 aliphatic heterocycles. The average molecular weight is 513 g/mol. The van der Waals surface area contributed by atoms with E-state index < -0.39 is 0 Å². The van der Waals surface area contributed by atoms with E-state index in [1.807, 2.05) is 42.5 Å². The number of aryl methyl sites for hydroxylation is 1. The highest BCUT2D eigenvalue weighted by Gasteiger charge is 2.11. The lowest BCUT2D eigenvalue weighted by atomic mass is 10.0. The van der Waals surface area contributed by atoms with Crippen LogP contribution >= 0.6 is 27.3 Å². The van der Waals surface area contributed by atoms with Gasteiger partial charge in [0.2, 0.25) is 0 Å². The predicted molar refractivity (Wildman–Crippen MR) is 137 cm³/mol. The fraction of sp³-hybridized carbons (Fsp3) is 0.296. The van der Waals surface area contributed by atoms with Crippen LogP contribution in [0.5, 0.6) is 11.5 Å². The number of hydrogen-bond donors (Lipinski definition) is 0. The third-order valence-electron chi connectivity index (χ3n) is 5.15. The van der Waals surface area contributed by atoms with Crippen molar-refractivity contribution in [2.45, 2.75) is 46.1 Å². The van der Waals surface area contributed by atoms with Crippen molar-refractivity contribution in [3.8, 4) is 11.5 Å². The lowest BCUT2D eigenvalue weighted by Gasteiger charge is -2.12. The summed E-state index contributed by atoms with van der Waals surface area (Å²) in [6.45, 7) is 6.87. The van der Waals surface area contributed by atoms with E-state index in [0.29, 0.717) is 12.5 Å². The molecule has 0 unspecified atom stereocenters. The smallest absolute Gasteiger partial charge is 0.195 e. The van der Waals surface area contributed by atoms with Gasteiger partial charge >= 0.3 is 0 Å². The van der Waals surface area contributed by atoms with Crippen LogP contribution in [0.25, 0.3) is 6.08 Å². The fourth-order valence-corrected chi connectivity index (χ4v) is 5.20. The maximum atomic E-state index is 12.6. The highest BCUT2D eigenvalue weighted by atomic mass is 79.9. The molecule has 0 amide bonds. The van der Waals surface area contributed by atoms with Crippen molar-refractivity contribution < 1.29 is 14.3 Å². The molecule has 0 atom stereocenters. The SMILES string of the molecule is CCCc1sc(C(=O)/C=C/c2ccc(OC)c(COc3ccc(C(C)C)cc3)c2)cc1Br. The Kier molecular flexibility index (Phi) is 8.71. The Morgan fingerprint density at radius 2 is 1.88 bits per heavy atom. The van der Waals surface area contributed by atoms with E-state index >= 15 is 0 Å². The molecular weight excluding hydrogens is 484 g/mol.